The first-order valence-electron chi connectivity index (χ1n) is 6.30. The predicted octanol–water partition coefficient (Wildman–Crippen LogP) is 2.13. The van der Waals surface area contributed by atoms with Crippen molar-refractivity contribution < 1.29 is 0 Å². The van der Waals surface area contributed by atoms with Gasteiger partial charge in [0.25, 0.3) is 0 Å². The Kier molecular flexibility index (Phi) is 4.89. The van der Waals surface area contributed by atoms with Gasteiger partial charge in [0.1, 0.15) is 0 Å². The van der Waals surface area contributed by atoms with E-state index in [0.29, 0.717) is 6.04 Å². The van der Waals surface area contributed by atoms with Crippen LogP contribution in [-0.4, -0.2) is 42.6 Å². The van der Waals surface area contributed by atoms with E-state index >= 15 is 0 Å². The summed E-state index contributed by atoms with van der Waals surface area (Å²) in [6.07, 6.45) is 0. The molecule has 1 fully saturated rings. The molecule has 1 aliphatic heterocycles. The first-order valence-corrected chi connectivity index (χ1v) is 7.45. The second-order valence-electron chi connectivity index (χ2n) is 4.85. The molecule has 0 radical (unpaired) electrons. The van der Waals surface area contributed by atoms with Crippen molar-refractivity contribution in [2.45, 2.75) is 19.5 Å². The van der Waals surface area contributed by atoms with Gasteiger partial charge in [0.2, 0.25) is 0 Å². The van der Waals surface area contributed by atoms with Gasteiger partial charge in [-0.3, -0.25) is 0 Å². The van der Waals surface area contributed by atoms with Crippen LogP contribution in [0.4, 0.5) is 0 Å². The van der Waals surface area contributed by atoms with Gasteiger partial charge in [0.05, 0.1) is 0 Å². The van der Waals surface area contributed by atoms with Crippen molar-refractivity contribution in [3.63, 3.8) is 0 Å². The molecule has 1 heterocycles. The zero-order valence-electron chi connectivity index (χ0n) is 10.8. The average molecular weight is 250 g/mol. The maximum atomic E-state index is 3.59. The third kappa shape index (κ3) is 4.02. The minimum Gasteiger partial charge on any atom is -0.311 e. The van der Waals surface area contributed by atoms with Gasteiger partial charge in [0, 0.05) is 37.2 Å². The fraction of sp³-hybridized carbons (Fsp3) is 0.571. The third-order valence-electron chi connectivity index (χ3n) is 3.23. The van der Waals surface area contributed by atoms with Crippen LogP contribution < -0.4 is 5.32 Å². The molecule has 0 aromatic heterocycles. The molecule has 1 N–H and O–H groups in total. The molecule has 0 saturated carbocycles. The molecule has 1 unspecified atom stereocenters. The monoisotopic (exact) mass is 250 g/mol. The highest BCUT2D eigenvalue weighted by molar-refractivity contribution is 7.99. The molecule has 1 atom stereocenters. The molecule has 1 aromatic rings. The zero-order chi connectivity index (χ0) is 12.1. The molecule has 0 amide bonds. The lowest BCUT2D eigenvalue weighted by Crippen LogP contribution is -2.44. The topological polar surface area (TPSA) is 15.3 Å². The van der Waals surface area contributed by atoms with Crippen LogP contribution in [0.25, 0.3) is 0 Å². The number of rotatable bonds is 4. The van der Waals surface area contributed by atoms with Crippen LogP contribution in [0.3, 0.4) is 0 Å². The van der Waals surface area contributed by atoms with Crippen molar-refractivity contribution in [3.05, 3.63) is 35.4 Å². The van der Waals surface area contributed by atoms with Crippen LogP contribution in [0.5, 0.6) is 0 Å². The molecule has 0 aliphatic carbocycles. The van der Waals surface area contributed by atoms with Crippen LogP contribution in [-0.2, 0) is 6.54 Å². The SMILES string of the molecule is Cc1ccccc1CN(C)CC1CSCCN1. The van der Waals surface area contributed by atoms with E-state index in [9.17, 15) is 0 Å². The summed E-state index contributed by atoms with van der Waals surface area (Å²) in [5.74, 6) is 2.51. The predicted molar refractivity (Wildman–Crippen MR) is 76.6 cm³/mol. The smallest absolute Gasteiger partial charge is 0.0285 e. The van der Waals surface area contributed by atoms with E-state index in [0.717, 1.165) is 19.6 Å². The zero-order valence-corrected chi connectivity index (χ0v) is 11.6. The van der Waals surface area contributed by atoms with E-state index in [2.05, 4.69) is 60.2 Å². The second-order valence-corrected chi connectivity index (χ2v) is 6.00. The third-order valence-corrected chi connectivity index (χ3v) is 4.36. The maximum Gasteiger partial charge on any atom is 0.0285 e. The molecule has 1 aromatic carbocycles. The van der Waals surface area contributed by atoms with Crippen LogP contribution >= 0.6 is 11.8 Å². The lowest BCUT2D eigenvalue weighted by atomic mass is 10.1. The van der Waals surface area contributed by atoms with Gasteiger partial charge in [-0.1, -0.05) is 24.3 Å². The van der Waals surface area contributed by atoms with Crippen LogP contribution in [0.2, 0.25) is 0 Å². The fourth-order valence-corrected chi connectivity index (χ4v) is 3.19. The van der Waals surface area contributed by atoms with Crippen molar-refractivity contribution in [1.82, 2.24) is 10.2 Å². The van der Waals surface area contributed by atoms with Crippen LogP contribution in [0, 0.1) is 6.92 Å². The molecule has 2 rings (SSSR count). The highest BCUT2D eigenvalue weighted by Gasteiger charge is 2.15. The lowest BCUT2D eigenvalue weighted by molar-refractivity contribution is 0.291. The second kappa shape index (κ2) is 6.43. The van der Waals surface area contributed by atoms with Gasteiger partial charge < -0.3 is 10.2 Å². The van der Waals surface area contributed by atoms with E-state index < -0.39 is 0 Å². The van der Waals surface area contributed by atoms with Crippen molar-refractivity contribution in [2.75, 3.05) is 31.6 Å². The van der Waals surface area contributed by atoms with Crippen LogP contribution in [0.1, 0.15) is 11.1 Å². The summed E-state index contributed by atoms with van der Waals surface area (Å²) in [4.78, 5) is 2.42. The quantitative estimate of drug-likeness (QED) is 0.881. The van der Waals surface area contributed by atoms with Crippen molar-refractivity contribution in [3.8, 4) is 0 Å². The largest absolute Gasteiger partial charge is 0.311 e. The number of hydrogen-bond acceptors (Lipinski definition) is 3. The van der Waals surface area contributed by atoms with E-state index in [1.807, 2.05) is 0 Å². The summed E-state index contributed by atoms with van der Waals surface area (Å²) in [5, 5.41) is 3.59. The number of aryl methyl sites for hydroxylation is 1. The minimum absolute atomic E-state index is 0.655. The molecule has 2 nitrogen and oxygen atoms in total. The molecule has 0 bridgehead atoms. The number of hydrogen-bond donors (Lipinski definition) is 1. The summed E-state index contributed by atoms with van der Waals surface area (Å²) < 4.78 is 0. The van der Waals surface area contributed by atoms with Crippen molar-refractivity contribution >= 4 is 11.8 Å². The number of benzene rings is 1. The molecule has 17 heavy (non-hydrogen) atoms. The van der Waals surface area contributed by atoms with Gasteiger partial charge in [0.15, 0.2) is 0 Å². The molecule has 0 spiro atoms. The maximum absolute atomic E-state index is 3.59. The summed E-state index contributed by atoms with van der Waals surface area (Å²) in [5.41, 5.74) is 2.84. The Bertz CT molecular complexity index is 348. The van der Waals surface area contributed by atoms with Crippen molar-refractivity contribution in [2.24, 2.45) is 0 Å². The minimum atomic E-state index is 0.655. The number of nitrogens with zero attached hydrogens (tertiary/aromatic N) is 1. The lowest BCUT2D eigenvalue weighted by Gasteiger charge is -2.28. The molecular formula is C14H22N2S. The molecule has 3 heteroatoms. The fourth-order valence-electron chi connectivity index (χ4n) is 2.26. The Morgan fingerprint density at radius 2 is 2.24 bits per heavy atom. The van der Waals surface area contributed by atoms with E-state index in [4.69, 9.17) is 0 Å². The highest BCUT2D eigenvalue weighted by atomic mass is 32.2. The Hall–Kier alpha value is -0.510. The molecule has 94 valence electrons. The molecule has 1 aliphatic rings. The van der Waals surface area contributed by atoms with E-state index in [-0.39, 0.29) is 0 Å². The standard InChI is InChI=1S/C14H22N2S/c1-12-5-3-4-6-13(12)9-16(2)10-14-11-17-8-7-15-14/h3-6,14-15H,7-11H2,1-2H3. The highest BCUT2D eigenvalue weighted by Crippen LogP contribution is 2.12. The Balaban J connectivity index is 1.84. The average Bonchev–Trinajstić information content (AvgIpc) is 2.33. The van der Waals surface area contributed by atoms with E-state index in [1.165, 1.54) is 22.6 Å². The summed E-state index contributed by atoms with van der Waals surface area (Å²) in [7, 11) is 2.22. The van der Waals surface area contributed by atoms with Gasteiger partial charge >= 0.3 is 0 Å². The van der Waals surface area contributed by atoms with Gasteiger partial charge in [-0.15, -0.1) is 0 Å². The number of thioether (sulfide) groups is 1. The first-order chi connectivity index (χ1) is 8.25. The van der Waals surface area contributed by atoms with Gasteiger partial charge in [-0.05, 0) is 25.1 Å². The summed E-state index contributed by atoms with van der Waals surface area (Å²) in [6.45, 7) is 5.54. The first kappa shape index (κ1) is 12.9. The molecular weight excluding hydrogens is 228 g/mol. The number of nitrogens with one attached hydrogen (secondary N) is 1. The normalized spacial score (nSPS) is 20.8. The summed E-state index contributed by atoms with van der Waals surface area (Å²) >= 11 is 2.07. The Morgan fingerprint density at radius 1 is 1.41 bits per heavy atom. The number of likely N-dealkylation sites (N-methyl/N-ethyl adjacent to an activating group) is 1. The summed E-state index contributed by atoms with van der Waals surface area (Å²) in [6, 6.07) is 9.32. The Morgan fingerprint density at radius 3 is 2.94 bits per heavy atom. The van der Waals surface area contributed by atoms with Gasteiger partial charge in [-0.25, -0.2) is 0 Å². The van der Waals surface area contributed by atoms with Gasteiger partial charge in [-0.2, -0.15) is 11.8 Å². The van der Waals surface area contributed by atoms with Crippen LogP contribution in [0.15, 0.2) is 24.3 Å². The van der Waals surface area contributed by atoms with Crippen molar-refractivity contribution in [1.29, 1.82) is 0 Å². The van der Waals surface area contributed by atoms with E-state index in [1.54, 1.807) is 0 Å². The Labute approximate surface area is 109 Å². The molecule has 1 saturated heterocycles.